The van der Waals surface area contributed by atoms with E-state index in [1.54, 1.807) is 22.4 Å². The van der Waals surface area contributed by atoms with Gasteiger partial charge in [0.15, 0.2) is 5.13 Å². The second-order valence-electron chi connectivity index (χ2n) is 6.04. The molecule has 2 amide bonds. The van der Waals surface area contributed by atoms with E-state index in [4.69, 9.17) is 4.74 Å². The first-order chi connectivity index (χ1) is 12.0. The van der Waals surface area contributed by atoms with Gasteiger partial charge >= 0.3 is 0 Å². The zero-order valence-electron chi connectivity index (χ0n) is 14.7. The van der Waals surface area contributed by atoms with Crippen molar-refractivity contribution in [3.05, 3.63) is 34.6 Å². The minimum Gasteiger partial charge on any atom is -0.375 e. The quantitative estimate of drug-likeness (QED) is 0.826. The Balaban J connectivity index is 1.73. The summed E-state index contributed by atoms with van der Waals surface area (Å²) >= 11 is 1.54. The largest absolute Gasteiger partial charge is 0.375 e. The lowest BCUT2D eigenvalue weighted by molar-refractivity contribution is -0.136. The van der Waals surface area contributed by atoms with E-state index in [2.05, 4.69) is 4.98 Å². The number of amides is 2. The number of rotatable bonds is 4. The van der Waals surface area contributed by atoms with E-state index in [9.17, 15) is 9.59 Å². The third-order valence-electron chi connectivity index (χ3n) is 4.46. The van der Waals surface area contributed by atoms with Crippen molar-refractivity contribution in [1.82, 2.24) is 19.4 Å². The second kappa shape index (κ2) is 7.37. The highest BCUT2D eigenvalue weighted by Gasteiger charge is 2.27. The molecular formula is C17H22N4O3S. The number of carbonyl (C=O) groups excluding carboxylic acids is 2. The monoisotopic (exact) mass is 362 g/mol. The molecule has 3 heterocycles. The van der Waals surface area contributed by atoms with Crippen molar-refractivity contribution in [2.24, 2.45) is 0 Å². The van der Waals surface area contributed by atoms with Crippen molar-refractivity contribution >= 4 is 23.2 Å². The molecule has 1 aliphatic heterocycles. The molecule has 0 spiro atoms. The third kappa shape index (κ3) is 3.45. The summed E-state index contributed by atoms with van der Waals surface area (Å²) in [4.78, 5) is 32.7. The van der Waals surface area contributed by atoms with E-state index < -0.39 is 0 Å². The number of thiazole rings is 1. The summed E-state index contributed by atoms with van der Waals surface area (Å²) in [5.74, 6) is -0.0220. The van der Waals surface area contributed by atoms with E-state index in [0.717, 1.165) is 16.5 Å². The predicted molar refractivity (Wildman–Crippen MR) is 95.3 cm³/mol. The van der Waals surface area contributed by atoms with Crippen molar-refractivity contribution in [2.45, 2.75) is 13.8 Å². The first-order valence-electron chi connectivity index (χ1n) is 8.17. The molecule has 7 nitrogen and oxygen atoms in total. The van der Waals surface area contributed by atoms with Crippen LogP contribution in [-0.4, -0.2) is 71.1 Å². The number of hydrogen-bond donors (Lipinski definition) is 0. The Morgan fingerprint density at radius 2 is 1.88 bits per heavy atom. The molecule has 0 aliphatic carbocycles. The summed E-state index contributed by atoms with van der Waals surface area (Å²) in [7, 11) is 1.51. The number of hydrogen-bond acceptors (Lipinski definition) is 5. The van der Waals surface area contributed by atoms with Crippen LogP contribution in [0, 0.1) is 13.8 Å². The molecule has 1 aliphatic rings. The summed E-state index contributed by atoms with van der Waals surface area (Å²) in [6.45, 7) is 6.16. The SMILES string of the molecule is COCC(=O)N1CCN(C(=O)c2cc(C)n(-c3nccs3)c2C)CC1. The highest BCUT2D eigenvalue weighted by atomic mass is 32.1. The smallest absolute Gasteiger partial charge is 0.255 e. The number of nitrogens with zero attached hydrogens (tertiary/aromatic N) is 4. The Morgan fingerprint density at radius 1 is 1.20 bits per heavy atom. The average Bonchev–Trinajstić information content (AvgIpc) is 3.22. The fraction of sp³-hybridized carbons (Fsp3) is 0.471. The summed E-state index contributed by atoms with van der Waals surface area (Å²) < 4.78 is 6.90. The number of aryl methyl sites for hydroxylation is 1. The number of aromatic nitrogens is 2. The highest BCUT2D eigenvalue weighted by molar-refractivity contribution is 7.12. The van der Waals surface area contributed by atoms with Crippen LogP contribution < -0.4 is 0 Å². The van der Waals surface area contributed by atoms with Gasteiger partial charge < -0.3 is 14.5 Å². The van der Waals surface area contributed by atoms with Crippen LogP contribution in [0.5, 0.6) is 0 Å². The molecule has 3 rings (SSSR count). The second-order valence-corrected chi connectivity index (χ2v) is 6.91. The van der Waals surface area contributed by atoms with Crippen LogP contribution >= 0.6 is 11.3 Å². The van der Waals surface area contributed by atoms with E-state index in [-0.39, 0.29) is 18.4 Å². The van der Waals surface area contributed by atoms with E-state index >= 15 is 0 Å². The van der Waals surface area contributed by atoms with E-state index in [1.165, 1.54) is 7.11 Å². The molecule has 0 aromatic carbocycles. The summed E-state index contributed by atoms with van der Waals surface area (Å²) in [6.07, 6.45) is 1.76. The highest BCUT2D eigenvalue weighted by Crippen LogP contribution is 2.23. The Labute approximate surface area is 150 Å². The van der Waals surface area contributed by atoms with Crippen LogP contribution in [0.15, 0.2) is 17.6 Å². The first kappa shape index (κ1) is 17.6. The van der Waals surface area contributed by atoms with Gasteiger partial charge in [0.2, 0.25) is 5.91 Å². The molecule has 2 aromatic heterocycles. The fourth-order valence-corrected chi connectivity index (χ4v) is 3.90. The van der Waals surface area contributed by atoms with Crippen LogP contribution in [0.1, 0.15) is 21.7 Å². The summed E-state index contributed by atoms with van der Waals surface area (Å²) in [6, 6.07) is 1.92. The van der Waals surface area contributed by atoms with Gasteiger partial charge in [0.05, 0.1) is 5.56 Å². The standard InChI is InChI=1S/C17H22N4O3S/c1-12-10-14(13(2)21(12)17-18-4-9-25-17)16(23)20-7-5-19(6-8-20)15(22)11-24-3/h4,9-10H,5-8,11H2,1-3H3. The fourth-order valence-electron chi connectivity index (χ4n) is 3.14. The lowest BCUT2D eigenvalue weighted by atomic mass is 10.2. The van der Waals surface area contributed by atoms with Crippen molar-refractivity contribution in [3.63, 3.8) is 0 Å². The van der Waals surface area contributed by atoms with E-state index in [0.29, 0.717) is 31.7 Å². The van der Waals surface area contributed by atoms with Gasteiger partial charge in [0, 0.05) is 56.3 Å². The zero-order chi connectivity index (χ0) is 18.0. The lowest BCUT2D eigenvalue weighted by Gasteiger charge is -2.34. The maximum Gasteiger partial charge on any atom is 0.255 e. The Hall–Kier alpha value is -2.19. The van der Waals surface area contributed by atoms with Gasteiger partial charge in [-0.3, -0.25) is 14.2 Å². The van der Waals surface area contributed by atoms with Crippen molar-refractivity contribution in [3.8, 4) is 5.13 Å². The topological polar surface area (TPSA) is 67.7 Å². The minimum atomic E-state index is -0.0310. The van der Waals surface area contributed by atoms with E-state index in [1.807, 2.05) is 34.8 Å². The zero-order valence-corrected chi connectivity index (χ0v) is 15.5. The number of methoxy groups -OCH3 is 1. The molecule has 134 valence electrons. The van der Waals surface area contributed by atoms with Crippen molar-refractivity contribution in [1.29, 1.82) is 0 Å². The first-order valence-corrected chi connectivity index (χ1v) is 9.05. The molecule has 0 atom stereocenters. The normalized spacial score (nSPS) is 14.8. The van der Waals surface area contributed by atoms with Gasteiger partial charge in [-0.25, -0.2) is 4.98 Å². The van der Waals surface area contributed by atoms with Gasteiger partial charge in [-0.1, -0.05) is 0 Å². The van der Waals surface area contributed by atoms with Crippen molar-refractivity contribution in [2.75, 3.05) is 39.9 Å². The van der Waals surface area contributed by atoms with Gasteiger partial charge in [-0.2, -0.15) is 0 Å². The maximum atomic E-state index is 12.9. The molecule has 0 radical (unpaired) electrons. The van der Waals surface area contributed by atoms with Gasteiger partial charge in [-0.15, -0.1) is 11.3 Å². The average molecular weight is 362 g/mol. The molecule has 8 heteroatoms. The summed E-state index contributed by atoms with van der Waals surface area (Å²) in [5, 5.41) is 2.79. The van der Waals surface area contributed by atoms with Gasteiger partial charge in [0.25, 0.3) is 5.91 Å². The van der Waals surface area contributed by atoms with Crippen LogP contribution in [0.2, 0.25) is 0 Å². The van der Waals surface area contributed by atoms with Crippen LogP contribution in [-0.2, 0) is 9.53 Å². The van der Waals surface area contributed by atoms with Gasteiger partial charge in [0.1, 0.15) is 6.61 Å². The Morgan fingerprint density at radius 3 is 2.48 bits per heavy atom. The molecular weight excluding hydrogens is 340 g/mol. The van der Waals surface area contributed by atoms with Gasteiger partial charge in [-0.05, 0) is 19.9 Å². The lowest BCUT2D eigenvalue weighted by Crippen LogP contribution is -2.51. The summed E-state index contributed by atoms with van der Waals surface area (Å²) in [5.41, 5.74) is 2.59. The minimum absolute atomic E-state index is 0.00902. The predicted octanol–water partition coefficient (Wildman–Crippen LogP) is 1.48. The van der Waals surface area contributed by atoms with Crippen molar-refractivity contribution < 1.29 is 14.3 Å². The number of carbonyl (C=O) groups is 2. The Kier molecular flexibility index (Phi) is 5.19. The molecule has 0 bridgehead atoms. The molecule has 25 heavy (non-hydrogen) atoms. The molecule has 2 aromatic rings. The molecule has 0 saturated carbocycles. The molecule has 1 fully saturated rings. The van der Waals surface area contributed by atoms with Crippen LogP contribution in [0.25, 0.3) is 5.13 Å². The molecule has 1 saturated heterocycles. The maximum absolute atomic E-state index is 12.9. The molecule has 0 unspecified atom stereocenters. The molecule has 0 N–H and O–H groups in total. The van der Waals surface area contributed by atoms with Crippen LogP contribution in [0.3, 0.4) is 0 Å². The van der Waals surface area contributed by atoms with Crippen LogP contribution in [0.4, 0.5) is 0 Å². The number of ether oxygens (including phenoxy) is 1. The third-order valence-corrected chi connectivity index (χ3v) is 5.22. The Bertz CT molecular complexity index is 761. The number of piperazine rings is 1.